The first-order valence-electron chi connectivity index (χ1n) is 19.4. The number of esters is 1. The van der Waals surface area contributed by atoms with Gasteiger partial charge in [-0.15, -0.1) is 33.5 Å². The van der Waals surface area contributed by atoms with E-state index < -0.39 is 18.2 Å². The van der Waals surface area contributed by atoms with Gasteiger partial charge >= 0.3 is 29.0 Å². The molecule has 8 bridgehead atoms. The van der Waals surface area contributed by atoms with Crippen molar-refractivity contribution < 1.29 is 24.2 Å². The molecule has 288 valence electrons. The third-order valence-electron chi connectivity index (χ3n) is 11.5. The number of nitrogens with zero attached hydrogens (tertiary/aromatic N) is 4. The van der Waals surface area contributed by atoms with Crippen LogP contribution in [0, 0.1) is 44.4 Å². The van der Waals surface area contributed by atoms with Gasteiger partial charge in [0.15, 0.2) is 12.1 Å². The number of methoxy groups -OCH3 is 1. The molecule has 3 aromatic rings. The zero-order chi connectivity index (χ0) is 39.0. The predicted molar refractivity (Wildman–Crippen MR) is 219 cm³/mol. The molecule has 0 aromatic carbocycles. The summed E-state index contributed by atoms with van der Waals surface area (Å²) in [5.41, 5.74) is 10.9. The molecule has 1 saturated heterocycles. The first-order valence-corrected chi connectivity index (χ1v) is 19.4. The molecular formula is C45H54MgN4O5-2. The fraction of sp³-hybridized carbons (Fsp3) is 0.467. The van der Waals surface area contributed by atoms with Crippen LogP contribution >= 0.6 is 0 Å². The molecule has 0 saturated carbocycles. The summed E-state index contributed by atoms with van der Waals surface area (Å²) in [6.07, 6.45) is 13.8. The van der Waals surface area contributed by atoms with E-state index in [1.165, 1.54) is 19.1 Å². The van der Waals surface area contributed by atoms with Crippen LogP contribution in [0.15, 0.2) is 29.6 Å². The Morgan fingerprint density at radius 3 is 2.38 bits per heavy atom. The molecule has 1 unspecified atom stereocenters. The molecule has 0 amide bonds. The number of aliphatic hydroxyl groups excluding tert-OH is 1. The number of hydrogen-bond donors (Lipinski definition) is 1. The van der Waals surface area contributed by atoms with E-state index in [9.17, 15) is 14.7 Å². The summed E-state index contributed by atoms with van der Waals surface area (Å²) >= 11 is 0. The summed E-state index contributed by atoms with van der Waals surface area (Å²) < 4.78 is 11.1. The minimum atomic E-state index is -1.19. The maximum Gasteiger partial charge on any atom is 2.00 e. The predicted octanol–water partition coefficient (Wildman–Crippen LogP) is 6.54. The normalized spacial score (nSPS) is 23.0. The fourth-order valence-corrected chi connectivity index (χ4v) is 8.25. The second-order valence-electron chi connectivity index (χ2n) is 15.5. The fourth-order valence-electron chi connectivity index (χ4n) is 8.25. The Morgan fingerprint density at radius 2 is 1.71 bits per heavy atom. The molecule has 4 atom stereocenters. The molecule has 9 nitrogen and oxygen atoms in total. The Hall–Kier alpha value is -3.83. The molecule has 10 heteroatoms. The van der Waals surface area contributed by atoms with Crippen molar-refractivity contribution in [2.45, 2.75) is 100 Å². The number of carbonyl (C=O) groups is 2. The van der Waals surface area contributed by atoms with Crippen LogP contribution in [0.1, 0.15) is 128 Å². The number of rotatable bonds is 13. The Bertz CT molecular complexity index is 2190. The monoisotopic (exact) mass is 754 g/mol. The van der Waals surface area contributed by atoms with Gasteiger partial charge in [-0.3, -0.25) is 9.59 Å². The van der Waals surface area contributed by atoms with E-state index in [0.29, 0.717) is 59.2 Å². The maximum atomic E-state index is 14.3. The number of allylic oxidation sites excluding steroid dienone is 3. The molecule has 1 aliphatic carbocycles. The average Bonchev–Trinajstić information content (AvgIpc) is 3.87. The van der Waals surface area contributed by atoms with Gasteiger partial charge in [0.25, 0.3) is 0 Å². The molecule has 1 N–H and O–H groups in total. The van der Waals surface area contributed by atoms with Gasteiger partial charge in [-0.2, -0.15) is 11.4 Å². The quantitative estimate of drug-likeness (QED) is 0.0685. The number of ketones is 1. The van der Waals surface area contributed by atoms with Crippen LogP contribution < -0.4 is 25.7 Å². The topological polar surface area (TPSA) is 129 Å². The van der Waals surface area contributed by atoms with Gasteiger partial charge in [-0.1, -0.05) is 104 Å². The van der Waals surface area contributed by atoms with Crippen molar-refractivity contribution in [3.05, 3.63) is 102 Å². The number of ether oxygens (including phenoxy) is 2. The number of fused-ring (bicyclic) bond motifs is 7. The van der Waals surface area contributed by atoms with E-state index in [2.05, 4.69) is 48.1 Å². The summed E-state index contributed by atoms with van der Waals surface area (Å²) in [4.78, 5) is 43.0. The third kappa shape index (κ3) is 8.20. The third-order valence-corrected chi connectivity index (χ3v) is 11.5. The van der Waals surface area contributed by atoms with Crippen LogP contribution in [-0.4, -0.2) is 59.9 Å². The Balaban J connectivity index is 0.00000580. The average molecular weight is 755 g/mol. The van der Waals surface area contributed by atoms with Crippen molar-refractivity contribution in [2.75, 3.05) is 13.7 Å². The van der Waals surface area contributed by atoms with Crippen molar-refractivity contribution in [2.24, 2.45) is 23.7 Å². The van der Waals surface area contributed by atoms with Crippen molar-refractivity contribution in [3.63, 3.8) is 0 Å². The number of carbonyl (C=O) groups excluding carboxylic acids is 2. The number of aliphatic hydroxyl groups is 1. The second kappa shape index (κ2) is 17.5. The van der Waals surface area contributed by atoms with E-state index in [1.54, 1.807) is 0 Å². The van der Waals surface area contributed by atoms with Crippen LogP contribution in [0.2, 0.25) is 0 Å². The molecule has 3 aliphatic rings. The zero-order valence-corrected chi connectivity index (χ0v) is 35.4. The van der Waals surface area contributed by atoms with Crippen molar-refractivity contribution in [1.29, 1.82) is 0 Å². The molecule has 0 radical (unpaired) electrons. The van der Waals surface area contributed by atoms with Gasteiger partial charge in [0.2, 0.25) is 0 Å². The van der Waals surface area contributed by atoms with Crippen LogP contribution in [0.5, 0.6) is 0 Å². The van der Waals surface area contributed by atoms with E-state index >= 15 is 0 Å². The molecule has 0 spiro atoms. The molecule has 2 aliphatic heterocycles. The van der Waals surface area contributed by atoms with Gasteiger partial charge in [0, 0.05) is 5.56 Å². The smallest absolute Gasteiger partial charge is 0.664 e. The summed E-state index contributed by atoms with van der Waals surface area (Å²) in [5.74, 6) is -1.89. The van der Waals surface area contributed by atoms with E-state index in [0.717, 1.165) is 69.3 Å². The molecular weight excluding hydrogens is 701 g/mol. The standard InChI is InChI=1S/C45H55N4O5.Mg/c1-11-29-25(6)32-20-34-27(8)31(16-17-38(50)54-19-18-24(5)15-13-14-23(3)4)42(48-34)40-41(45(52)53-10)44(51)39-28(9)35(49-43(39)40)22-37-30(12-2)26(7)33(47-37)21-36(29)46-32;/h11,18,20-23,27,31,38,41,50H,1,12-17,19H2,2-10H3,(H-,48,49,51);/q-3;+2/p-1/b24-18-,33-21-,34-20-,37-22-;/t27-,31-,38?,41+;/m0./s1. The molecule has 55 heavy (non-hydrogen) atoms. The molecule has 3 aromatic heterocycles. The first-order chi connectivity index (χ1) is 25.8. The number of Topliss-reactive ketones (excluding diaryl/α,β-unsaturated/α-hetero) is 1. The van der Waals surface area contributed by atoms with E-state index in [4.69, 9.17) is 29.7 Å². The minimum absolute atomic E-state index is 0. The van der Waals surface area contributed by atoms with E-state index in [-0.39, 0.29) is 40.7 Å². The van der Waals surface area contributed by atoms with Gasteiger partial charge in [-0.25, -0.2) is 0 Å². The Labute approximate surface area is 341 Å². The van der Waals surface area contributed by atoms with Crippen molar-refractivity contribution in [3.8, 4) is 0 Å². The van der Waals surface area contributed by atoms with Gasteiger partial charge < -0.3 is 34.8 Å². The van der Waals surface area contributed by atoms with Crippen LogP contribution in [0.25, 0.3) is 35.2 Å². The van der Waals surface area contributed by atoms with Gasteiger partial charge in [-0.05, 0) is 83.1 Å². The Kier molecular flexibility index (Phi) is 13.5. The minimum Gasteiger partial charge on any atom is -0.664 e. The van der Waals surface area contributed by atoms with Crippen LogP contribution in [0.3, 0.4) is 0 Å². The SMILES string of the molecule is C=Cc1c2[n-]c(c1C)/C=C1\[N-]/C(=C3\c4[n-]c(c(C)c4C(=O)[C@@H]3C(=O)OC)/C=c3\[n-]/c(c(C)c3CC)=C\2)[C@@H](CCC(O)OC/C=C(/C)CCCC(C)C)[C@@H]1C.[Mg+2]. The maximum absolute atomic E-state index is 14.3. The summed E-state index contributed by atoms with van der Waals surface area (Å²) in [7, 11) is 1.30. The number of hydrogen-bond acceptors (Lipinski definition) is 5. The Morgan fingerprint density at radius 1 is 1.00 bits per heavy atom. The van der Waals surface area contributed by atoms with Gasteiger partial charge in [0.05, 0.1) is 13.7 Å². The van der Waals surface area contributed by atoms with Crippen LogP contribution in [0.4, 0.5) is 0 Å². The second-order valence-corrected chi connectivity index (χ2v) is 15.5. The van der Waals surface area contributed by atoms with Crippen LogP contribution in [-0.2, 0) is 20.7 Å². The first kappa shape index (κ1) is 42.3. The molecule has 5 heterocycles. The molecule has 1 fully saturated rings. The van der Waals surface area contributed by atoms with Crippen molar-refractivity contribution >= 4 is 64.7 Å². The number of aromatic nitrogens is 3. The zero-order valence-electron chi connectivity index (χ0n) is 34.0. The summed E-state index contributed by atoms with van der Waals surface area (Å²) in [6.45, 7) is 21.2. The molecule has 6 rings (SSSR count). The summed E-state index contributed by atoms with van der Waals surface area (Å²) in [6, 6.07) is 0. The van der Waals surface area contributed by atoms with E-state index in [1.807, 2.05) is 44.2 Å². The largest absolute Gasteiger partial charge is 2.00 e. The van der Waals surface area contributed by atoms with Gasteiger partial charge in [0.1, 0.15) is 5.92 Å². The summed E-state index contributed by atoms with van der Waals surface area (Å²) in [5, 5.41) is 17.9. The van der Waals surface area contributed by atoms with Crippen molar-refractivity contribution in [1.82, 2.24) is 15.0 Å².